The van der Waals surface area contributed by atoms with Crippen LogP contribution < -0.4 is 14.2 Å². The van der Waals surface area contributed by atoms with Gasteiger partial charge in [-0.25, -0.2) is 4.39 Å². The lowest BCUT2D eigenvalue weighted by Gasteiger charge is -2.28. The van der Waals surface area contributed by atoms with Crippen LogP contribution in [0.4, 0.5) is 17.6 Å². The molecule has 0 N–H and O–H groups in total. The molecule has 0 radical (unpaired) electrons. The molecule has 2 aromatic rings. The van der Waals surface area contributed by atoms with Gasteiger partial charge in [0.15, 0.2) is 11.6 Å². The molecule has 0 saturated carbocycles. The number of methoxy groups -OCH3 is 2. The minimum absolute atomic E-state index is 0.248. The SMILES string of the molecule is COc1cccc(OC)c1C1OC(C)C(C=O)N1CCc1ccc(OC(F)(F)F)c(F)c1. The third-order valence-electron chi connectivity index (χ3n) is 5.24. The van der Waals surface area contributed by atoms with E-state index in [0.29, 0.717) is 22.6 Å². The molecule has 0 spiro atoms. The monoisotopic (exact) mass is 457 g/mol. The van der Waals surface area contributed by atoms with Crippen LogP contribution in [-0.2, 0) is 16.0 Å². The first-order valence-electron chi connectivity index (χ1n) is 9.80. The van der Waals surface area contributed by atoms with Crippen LogP contribution >= 0.6 is 0 Å². The van der Waals surface area contributed by atoms with Gasteiger partial charge in [0, 0.05) is 6.54 Å². The van der Waals surface area contributed by atoms with Crippen molar-refractivity contribution >= 4 is 6.29 Å². The zero-order chi connectivity index (χ0) is 23.5. The van der Waals surface area contributed by atoms with Crippen LogP contribution in [0.3, 0.4) is 0 Å². The second-order valence-electron chi connectivity index (χ2n) is 7.20. The standard InChI is InChI=1S/C22H23F4NO5/c1-13-16(12-28)27(21(31-13)20-18(29-2)5-4-6-19(20)30-3)10-9-14-7-8-17(15(23)11-14)32-22(24,25)26/h4-8,11-13,16,21H,9-10H2,1-3H3. The number of hydrogen-bond acceptors (Lipinski definition) is 6. The zero-order valence-corrected chi connectivity index (χ0v) is 17.7. The van der Waals surface area contributed by atoms with E-state index in [1.807, 2.05) is 0 Å². The smallest absolute Gasteiger partial charge is 0.496 e. The van der Waals surface area contributed by atoms with Crippen molar-refractivity contribution in [2.75, 3.05) is 20.8 Å². The average Bonchev–Trinajstić information content (AvgIpc) is 3.07. The van der Waals surface area contributed by atoms with Crippen LogP contribution in [0.25, 0.3) is 0 Å². The van der Waals surface area contributed by atoms with E-state index >= 15 is 0 Å². The molecule has 1 aliphatic rings. The van der Waals surface area contributed by atoms with Gasteiger partial charge in [-0.3, -0.25) is 4.90 Å². The van der Waals surface area contributed by atoms with Gasteiger partial charge < -0.3 is 23.7 Å². The van der Waals surface area contributed by atoms with Crippen LogP contribution in [0.1, 0.15) is 24.3 Å². The van der Waals surface area contributed by atoms with Crippen LogP contribution in [0.15, 0.2) is 36.4 Å². The van der Waals surface area contributed by atoms with Crippen molar-refractivity contribution in [1.82, 2.24) is 4.90 Å². The Balaban J connectivity index is 1.85. The van der Waals surface area contributed by atoms with Crippen molar-refractivity contribution in [3.63, 3.8) is 0 Å². The summed E-state index contributed by atoms with van der Waals surface area (Å²) in [6.45, 7) is 2.02. The zero-order valence-electron chi connectivity index (χ0n) is 17.7. The first kappa shape index (κ1) is 23.8. The maximum Gasteiger partial charge on any atom is 0.573 e. The quantitative estimate of drug-likeness (QED) is 0.436. The molecule has 3 atom stereocenters. The molecule has 3 unspecified atom stereocenters. The lowest BCUT2D eigenvalue weighted by Crippen LogP contribution is -2.38. The predicted octanol–water partition coefficient (Wildman–Crippen LogP) is 4.27. The average molecular weight is 457 g/mol. The Morgan fingerprint density at radius 1 is 1.09 bits per heavy atom. The summed E-state index contributed by atoms with van der Waals surface area (Å²) in [5.74, 6) is -1.00. The molecule has 6 nitrogen and oxygen atoms in total. The number of rotatable bonds is 8. The number of aldehydes is 1. The topological polar surface area (TPSA) is 57.2 Å². The second kappa shape index (κ2) is 9.74. The Labute approximate surface area is 182 Å². The summed E-state index contributed by atoms with van der Waals surface area (Å²) < 4.78 is 71.8. The molecular formula is C22H23F4NO5. The Morgan fingerprint density at radius 2 is 1.75 bits per heavy atom. The van der Waals surface area contributed by atoms with Gasteiger partial charge >= 0.3 is 6.36 Å². The van der Waals surface area contributed by atoms with E-state index < -0.39 is 36.3 Å². The van der Waals surface area contributed by atoms with Gasteiger partial charge in [0.05, 0.1) is 31.9 Å². The predicted molar refractivity (Wildman–Crippen MR) is 106 cm³/mol. The normalized spacial score (nSPS) is 21.4. The Bertz CT molecular complexity index is 930. The highest BCUT2D eigenvalue weighted by Crippen LogP contribution is 2.43. The highest BCUT2D eigenvalue weighted by molar-refractivity contribution is 5.60. The fraction of sp³-hybridized carbons (Fsp3) is 0.409. The van der Waals surface area contributed by atoms with E-state index in [2.05, 4.69) is 4.74 Å². The summed E-state index contributed by atoms with van der Waals surface area (Å²) in [5, 5.41) is 0. The highest BCUT2D eigenvalue weighted by atomic mass is 19.4. The maximum absolute atomic E-state index is 14.1. The fourth-order valence-electron chi connectivity index (χ4n) is 3.77. The minimum Gasteiger partial charge on any atom is -0.496 e. The largest absolute Gasteiger partial charge is 0.573 e. The maximum atomic E-state index is 14.1. The van der Waals surface area contributed by atoms with Gasteiger partial charge in [-0.2, -0.15) is 0 Å². The molecule has 174 valence electrons. The lowest BCUT2D eigenvalue weighted by atomic mass is 10.1. The molecule has 3 rings (SSSR count). The van der Waals surface area contributed by atoms with Crippen LogP contribution in [0, 0.1) is 5.82 Å². The number of hydrogen-bond donors (Lipinski definition) is 0. The summed E-state index contributed by atoms with van der Waals surface area (Å²) >= 11 is 0. The number of carbonyl (C=O) groups excluding carboxylic acids is 1. The molecule has 0 aliphatic carbocycles. The van der Waals surface area contributed by atoms with Crippen LogP contribution in [0.5, 0.6) is 17.2 Å². The summed E-state index contributed by atoms with van der Waals surface area (Å²) in [6, 6.07) is 7.91. The minimum atomic E-state index is -4.98. The summed E-state index contributed by atoms with van der Waals surface area (Å²) in [7, 11) is 3.01. The molecule has 0 amide bonds. The second-order valence-corrected chi connectivity index (χ2v) is 7.20. The third-order valence-corrected chi connectivity index (χ3v) is 5.24. The fourth-order valence-corrected chi connectivity index (χ4v) is 3.77. The summed E-state index contributed by atoms with van der Waals surface area (Å²) in [6.07, 6.45) is -5.08. The van der Waals surface area contributed by atoms with Crippen LogP contribution in [0.2, 0.25) is 0 Å². The number of benzene rings is 2. The molecule has 1 aliphatic heterocycles. The first-order chi connectivity index (χ1) is 15.2. The van der Waals surface area contributed by atoms with Crippen molar-refractivity contribution in [3.05, 3.63) is 53.3 Å². The Hall–Kier alpha value is -2.85. The molecule has 1 fully saturated rings. The van der Waals surface area contributed by atoms with Gasteiger partial charge in [0.25, 0.3) is 0 Å². The van der Waals surface area contributed by atoms with E-state index in [-0.39, 0.29) is 13.0 Å². The number of alkyl halides is 3. The van der Waals surface area contributed by atoms with E-state index in [1.54, 1.807) is 30.0 Å². The molecule has 32 heavy (non-hydrogen) atoms. The highest BCUT2D eigenvalue weighted by Gasteiger charge is 2.42. The van der Waals surface area contributed by atoms with Crippen molar-refractivity contribution < 1.29 is 41.3 Å². The van der Waals surface area contributed by atoms with Gasteiger partial charge in [0.2, 0.25) is 0 Å². The van der Waals surface area contributed by atoms with Crippen molar-refractivity contribution in [3.8, 4) is 17.2 Å². The van der Waals surface area contributed by atoms with Crippen LogP contribution in [-0.4, -0.2) is 50.5 Å². The van der Waals surface area contributed by atoms with E-state index in [9.17, 15) is 22.4 Å². The van der Waals surface area contributed by atoms with Gasteiger partial charge in [-0.1, -0.05) is 12.1 Å². The van der Waals surface area contributed by atoms with E-state index in [4.69, 9.17) is 14.2 Å². The molecule has 1 saturated heterocycles. The summed E-state index contributed by atoms with van der Waals surface area (Å²) in [5.41, 5.74) is 1.04. The molecule has 0 aromatic heterocycles. The van der Waals surface area contributed by atoms with Crippen molar-refractivity contribution in [1.29, 1.82) is 0 Å². The van der Waals surface area contributed by atoms with E-state index in [0.717, 1.165) is 18.4 Å². The molecule has 10 heteroatoms. The van der Waals surface area contributed by atoms with Gasteiger partial charge in [-0.05, 0) is 43.2 Å². The molecular weight excluding hydrogens is 434 g/mol. The van der Waals surface area contributed by atoms with E-state index in [1.165, 1.54) is 20.3 Å². The van der Waals surface area contributed by atoms with Crippen molar-refractivity contribution in [2.24, 2.45) is 0 Å². The molecule has 1 heterocycles. The molecule has 0 bridgehead atoms. The Kier molecular flexibility index (Phi) is 7.25. The lowest BCUT2D eigenvalue weighted by molar-refractivity contribution is -0.275. The van der Waals surface area contributed by atoms with Gasteiger partial charge in [0.1, 0.15) is 24.0 Å². The first-order valence-corrected chi connectivity index (χ1v) is 9.80. The molecule has 2 aromatic carbocycles. The van der Waals surface area contributed by atoms with Gasteiger partial charge in [-0.15, -0.1) is 13.2 Å². The number of ether oxygens (including phenoxy) is 4. The number of nitrogens with zero attached hydrogens (tertiary/aromatic N) is 1. The van der Waals surface area contributed by atoms with Crippen molar-refractivity contribution in [2.45, 2.75) is 38.1 Å². The number of halogens is 4. The third kappa shape index (κ3) is 5.13. The number of carbonyl (C=O) groups is 1. The summed E-state index contributed by atoms with van der Waals surface area (Å²) in [4.78, 5) is 13.6. The Morgan fingerprint density at radius 3 is 2.28 bits per heavy atom.